The molecule has 0 amide bonds. The third-order valence-electron chi connectivity index (χ3n) is 1.99. The summed E-state index contributed by atoms with van der Waals surface area (Å²) in [4.78, 5) is 27.2. The molecule has 0 bridgehead atoms. The number of ether oxygens (including phenoxy) is 1. The van der Waals surface area contributed by atoms with Crippen molar-refractivity contribution in [1.82, 2.24) is 14.6 Å². The molecule has 2 aromatic rings. The summed E-state index contributed by atoms with van der Waals surface area (Å²) in [6, 6.07) is 0. The Morgan fingerprint density at radius 2 is 2.44 bits per heavy atom. The number of nitrogens with one attached hydrogen (secondary N) is 1. The average molecular weight is 286 g/mol. The lowest BCUT2D eigenvalue weighted by molar-refractivity contribution is 0.0523. The number of halogens is 1. The Labute approximate surface area is 98.4 Å². The summed E-state index contributed by atoms with van der Waals surface area (Å²) in [7, 11) is 0. The fraction of sp³-hybridized carbons (Fsp3) is 0.222. The molecule has 0 aliphatic heterocycles. The summed E-state index contributed by atoms with van der Waals surface area (Å²) in [6.07, 6.45) is 2.78. The van der Waals surface area contributed by atoms with Gasteiger partial charge in [0.1, 0.15) is 5.56 Å². The van der Waals surface area contributed by atoms with E-state index < -0.39 is 11.5 Å². The molecule has 0 fully saturated rings. The van der Waals surface area contributed by atoms with E-state index in [0.29, 0.717) is 10.1 Å². The van der Waals surface area contributed by atoms with Gasteiger partial charge in [0.25, 0.3) is 5.56 Å². The lowest BCUT2D eigenvalue weighted by Crippen LogP contribution is -2.24. The second-order valence-electron chi connectivity index (χ2n) is 2.98. The Kier molecular flexibility index (Phi) is 2.78. The van der Waals surface area contributed by atoms with E-state index in [1.807, 2.05) is 0 Å². The minimum absolute atomic E-state index is 0.0892. The van der Waals surface area contributed by atoms with E-state index in [9.17, 15) is 9.59 Å². The van der Waals surface area contributed by atoms with Crippen LogP contribution in [0.3, 0.4) is 0 Å². The Morgan fingerprint density at radius 1 is 1.69 bits per heavy atom. The molecule has 0 aliphatic carbocycles. The standard InChI is InChI=1S/C9H8BrN3O3/c1-2-16-9(15)5-3-11-7-6(10)4-12-13(7)8(5)14/h3-4,12H,2H2,1H3. The highest BCUT2D eigenvalue weighted by molar-refractivity contribution is 9.10. The quantitative estimate of drug-likeness (QED) is 0.834. The van der Waals surface area contributed by atoms with Gasteiger partial charge in [0.05, 0.1) is 11.1 Å². The molecular weight excluding hydrogens is 278 g/mol. The zero-order valence-electron chi connectivity index (χ0n) is 8.36. The van der Waals surface area contributed by atoms with Gasteiger partial charge in [0, 0.05) is 12.4 Å². The van der Waals surface area contributed by atoms with Crippen molar-refractivity contribution in [3.8, 4) is 0 Å². The maximum Gasteiger partial charge on any atom is 0.345 e. The molecule has 84 valence electrons. The highest BCUT2D eigenvalue weighted by atomic mass is 79.9. The van der Waals surface area contributed by atoms with Gasteiger partial charge in [-0.25, -0.2) is 9.78 Å². The second-order valence-corrected chi connectivity index (χ2v) is 3.83. The van der Waals surface area contributed by atoms with Crippen LogP contribution in [-0.2, 0) is 4.74 Å². The molecule has 0 saturated heterocycles. The predicted octanol–water partition coefficient (Wildman–Crippen LogP) is 0.962. The van der Waals surface area contributed by atoms with E-state index in [1.165, 1.54) is 10.7 Å². The summed E-state index contributed by atoms with van der Waals surface area (Å²) >= 11 is 3.22. The largest absolute Gasteiger partial charge is 0.462 e. The summed E-state index contributed by atoms with van der Waals surface area (Å²) in [6.45, 7) is 1.89. The molecule has 16 heavy (non-hydrogen) atoms. The number of aromatic amines is 1. The number of nitrogens with zero attached hydrogens (tertiary/aromatic N) is 2. The van der Waals surface area contributed by atoms with Crippen molar-refractivity contribution in [3.63, 3.8) is 0 Å². The lowest BCUT2D eigenvalue weighted by atomic mass is 10.3. The van der Waals surface area contributed by atoms with E-state index in [0.717, 1.165) is 0 Å². The minimum atomic E-state index is -0.667. The fourth-order valence-electron chi connectivity index (χ4n) is 1.28. The van der Waals surface area contributed by atoms with Crippen molar-refractivity contribution >= 4 is 27.5 Å². The molecule has 0 atom stereocenters. The van der Waals surface area contributed by atoms with Crippen LogP contribution in [-0.4, -0.2) is 27.2 Å². The predicted molar refractivity (Wildman–Crippen MR) is 59.5 cm³/mol. The van der Waals surface area contributed by atoms with Crippen LogP contribution in [0.25, 0.3) is 5.65 Å². The third-order valence-corrected chi connectivity index (χ3v) is 2.57. The molecule has 2 rings (SSSR count). The van der Waals surface area contributed by atoms with Gasteiger partial charge in [-0.05, 0) is 22.9 Å². The molecule has 7 heteroatoms. The third kappa shape index (κ3) is 1.63. The van der Waals surface area contributed by atoms with Crippen molar-refractivity contribution < 1.29 is 9.53 Å². The van der Waals surface area contributed by atoms with E-state index in [4.69, 9.17) is 4.74 Å². The van der Waals surface area contributed by atoms with Gasteiger partial charge in [0.2, 0.25) is 0 Å². The normalized spacial score (nSPS) is 10.6. The van der Waals surface area contributed by atoms with Gasteiger partial charge in [0.15, 0.2) is 5.65 Å². The molecule has 0 saturated carbocycles. The number of rotatable bonds is 2. The molecule has 2 aromatic heterocycles. The molecule has 0 aliphatic rings. The van der Waals surface area contributed by atoms with Crippen molar-refractivity contribution in [2.24, 2.45) is 0 Å². The maximum absolute atomic E-state index is 11.8. The van der Waals surface area contributed by atoms with E-state index >= 15 is 0 Å². The van der Waals surface area contributed by atoms with Gasteiger partial charge in [-0.1, -0.05) is 0 Å². The van der Waals surface area contributed by atoms with Gasteiger partial charge >= 0.3 is 5.97 Å². The number of carbonyl (C=O) groups excluding carboxylic acids is 1. The van der Waals surface area contributed by atoms with Crippen LogP contribution in [0, 0.1) is 0 Å². The van der Waals surface area contributed by atoms with Crippen LogP contribution in [0.1, 0.15) is 17.3 Å². The summed E-state index contributed by atoms with van der Waals surface area (Å²) < 4.78 is 6.58. The number of H-pyrrole nitrogens is 1. The zero-order valence-corrected chi connectivity index (χ0v) is 9.94. The molecule has 0 unspecified atom stereocenters. The number of hydrogen-bond donors (Lipinski definition) is 1. The summed E-state index contributed by atoms with van der Waals surface area (Å²) in [5.74, 6) is -0.667. The topological polar surface area (TPSA) is 76.5 Å². The van der Waals surface area contributed by atoms with Gasteiger partial charge in [-0.2, -0.15) is 4.52 Å². The van der Waals surface area contributed by atoms with Crippen LogP contribution in [0.5, 0.6) is 0 Å². The number of fused-ring (bicyclic) bond motifs is 1. The number of hydrogen-bond acceptors (Lipinski definition) is 4. The van der Waals surface area contributed by atoms with Crippen LogP contribution in [0.4, 0.5) is 0 Å². The SMILES string of the molecule is CCOC(=O)c1cnc2c(Br)c[nH]n2c1=O. The van der Waals surface area contributed by atoms with Crippen LogP contribution in [0.2, 0.25) is 0 Å². The van der Waals surface area contributed by atoms with E-state index in [2.05, 4.69) is 26.0 Å². The van der Waals surface area contributed by atoms with Crippen molar-refractivity contribution in [3.05, 3.63) is 32.8 Å². The van der Waals surface area contributed by atoms with Crippen molar-refractivity contribution in [1.29, 1.82) is 0 Å². The number of esters is 1. The van der Waals surface area contributed by atoms with E-state index in [1.54, 1.807) is 13.1 Å². The number of carbonyl (C=O) groups is 1. The van der Waals surface area contributed by atoms with Crippen LogP contribution in [0.15, 0.2) is 21.7 Å². The molecule has 0 spiro atoms. The van der Waals surface area contributed by atoms with Gasteiger partial charge in [-0.3, -0.25) is 9.89 Å². The van der Waals surface area contributed by atoms with Gasteiger partial charge in [-0.15, -0.1) is 0 Å². The highest BCUT2D eigenvalue weighted by Gasteiger charge is 2.15. The highest BCUT2D eigenvalue weighted by Crippen LogP contribution is 2.13. The molecule has 1 N–H and O–H groups in total. The monoisotopic (exact) mass is 285 g/mol. The summed E-state index contributed by atoms with van der Waals surface area (Å²) in [5.41, 5.74) is -0.138. The Bertz CT molecular complexity index is 602. The minimum Gasteiger partial charge on any atom is -0.462 e. The first-order valence-corrected chi connectivity index (χ1v) is 5.36. The van der Waals surface area contributed by atoms with Crippen molar-refractivity contribution in [2.75, 3.05) is 6.61 Å². The van der Waals surface area contributed by atoms with Crippen LogP contribution < -0.4 is 5.56 Å². The molecule has 0 radical (unpaired) electrons. The van der Waals surface area contributed by atoms with Crippen molar-refractivity contribution in [2.45, 2.75) is 6.92 Å². The smallest absolute Gasteiger partial charge is 0.345 e. The molecule has 2 heterocycles. The Morgan fingerprint density at radius 3 is 3.12 bits per heavy atom. The average Bonchev–Trinajstić information content (AvgIpc) is 2.62. The fourth-order valence-corrected chi connectivity index (χ4v) is 1.66. The summed E-state index contributed by atoms with van der Waals surface area (Å²) in [5, 5.41) is 2.68. The maximum atomic E-state index is 11.8. The molecule has 0 aromatic carbocycles. The Hall–Kier alpha value is -1.63. The van der Waals surface area contributed by atoms with Gasteiger partial charge < -0.3 is 4.74 Å². The number of aromatic nitrogens is 3. The van der Waals surface area contributed by atoms with Crippen LogP contribution >= 0.6 is 15.9 Å². The van der Waals surface area contributed by atoms with E-state index in [-0.39, 0.29) is 12.2 Å². The first-order valence-electron chi connectivity index (χ1n) is 4.57. The first kappa shape index (κ1) is 10.9. The zero-order chi connectivity index (χ0) is 11.7. The lowest BCUT2D eigenvalue weighted by Gasteiger charge is -2.00. The molecular formula is C9H8BrN3O3. The first-order chi connectivity index (χ1) is 7.65. The Balaban J connectivity index is 2.61. The molecule has 6 nitrogen and oxygen atoms in total. The second kappa shape index (κ2) is 4.09.